The third kappa shape index (κ3) is 3.31. The molecule has 6 heteroatoms. The molecule has 0 saturated heterocycles. The summed E-state index contributed by atoms with van der Waals surface area (Å²) in [7, 11) is 0. The third-order valence-electron chi connectivity index (χ3n) is 4.75. The summed E-state index contributed by atoms with van der Waals surface area (Å²) in [6.07, 6.45) is 2.91. The van der Waals surface area contributed by atoms with E-state index in [1.165, 1.54) is 5.56 Å². The van der Waals surface area contributed by atoms with Crippen LogP contribution >= 0.6 is 0 Å². The Morgan fingerprint density at radius 1 is 1.40 bits per heavy atom. The molecule has 0 fully saturated rings. The Labute approximate surface area is 146 Å². The molecule has 0 unspecified atom stereocenters. The number of amides is 1. The zero-order chi connectivity index (χ0) is 18.0. The van der Waals surface area contributed by atoms with E-state index in [4.69, 9.17) is 5.26 Å². The van der Waals surface area contributed by atoms with Crippen molar-refractivity contribution in [3.8, 4) is 6.07 Å². The van der Waals surface area contributed by atoms with Crippen LogP contribution in [0.1, 0.15) is 46.8 Å². The summed E-state index contributed by atoms with van der Waals surface area (Å²) < 4.78 is 1.07. The van der Waals surface area contributed by atoms with E-state index in [0.29, 0.717) is 11.3 Å². The molecule has 1 aromatic heterocycles. The number of nitriles is 1. The van der Waals surface area contributed by atoms with Crippen LogP contribution in [0.15, 0.2) is 29.1 Å². The number of nitrogens with zero attached hydrogens (tertiary/aromatic N) is 3. The first-order chi connectivity index (χ1) is 12.0. The fourth-order valence-corrected chi connectivity index (χ4v) is 3.29. The lowest BCUT2D eigenvalue weighted by Gasteiger charge is -2.26. The molecule has 3 rings (SSSR count). The molecule has 1 N–H and O–H groups in total. The molecule has 128 valence electrons. The second kappa shape index (κ2) is 6.89. The van der Waals surface area contributed by atoms with Gasteiger partial charge in [-0.1, -0.05) is 24.3 Å². The van der Waals surface area contributed by atoms with Gasteiger partial charge >= 0.3 is 0 Å². The molecule has 6 nitrogen and oxygen atoms in total. The molecule has 1 aromatic carbocycles. The molecule has 1 atom stereocenters. The van der Waals surface area contributed by atoms with E-state index < -0.39 is 5.56 Å². The highest BCUT2D eigenvalue weighted by atomic mass is 16.2. The van der Waals surface area contributed by atoms with Gasteiger partial charge in [0.15, 0.2) is 0 Å². The van der Waals surface area contributed by atoms with E-state index >= 15 is 0 Å². The SMILES string of the molecule is Cc1nn(CC(=O)N[C@H]2CCCc3ccccc32)c(=O)c(C#N)c1C. The van der Waals surface area contributed by atoms with E-state index in [1.54, 1.807) is 13.8 Å². The first-order valence-electron chi connectivity index (χ1n) is 8.37. The quantitative estimate of drug-likeness (QED) is 0.927. The van der Waals surface area contributed by atoms with Crippen LogP contribution in [0, 0.1) is 25.2 Å². The highest BCUT2D eigenvalue weighted by Gasteiger charge is 2.22. The fraction of sp³-hybridized carbons (Fsp3) is 0.368. The molecule has 25 heavy (non-hydrogen) atoms. The molecule has 0 aliphatic heterocycles. The maximum absolute atomic E-state index is 12.4. The molecule has 0 bridgehead atoms. The van der Waals surface area contributed by atoms with Gasteiger partial charge in [0.05, 0.1) is 11.7 Å². The molecular formula is C19H20N4O2. The topological polar surface area (TPSA) is 87.8 Å². The van der Waals surface area contributed by atoms with Crippen LogP contribution in [-0.4, -0.2) is 15.7 Å². The highest BCUT2D eigenvalue weighted by Crippen LogP contribution is 2.29. The molecule has 2 aromatic rings. The van der Waals surface area contributed by atoms with Crippen molar-refractivity contribution in [3.05, 3.63) is 62.6 Å². The molecule has 1 heterocycles. The first kappa shape index (κ1) is 16.9. The predicted octanol–water partition coefficient (Wildman–Crippen LogP) is 1.93. The van der Waals surface area contributed by atoms with Crippen LogP contribution in [0.25, 0.3) is 0 Å². The minimum absolute atomic E-state index is 0.0447. The maximum atomic E-state index is 12.4. The summed E-state index contributed by atoms with van der Waals surface area (Å²) in [6.45, 7) is 3.22. The second-order valence-corrected chi connectivity index (χ2v) is 6.37. The number of rotatable bonds is 3. The number of benzene rings is 1. The van der Waals surface area contributed by atoms with Crippen molar-refractivity contribution in [2.75, 3.05) is 0 Å². The van der Waals surface area contributed by atoms with E-state index in [9.17, 15) is 9.59 Å². The number of aromatic nitrogens is 2. The average molecular weight is 336 g/mol. The number of hydrogen-bond donors (Lipinski definition) is 1. The summed E-state index contributed by atoms with van der Waals surface area (Å²) >= 11 is 0. The summed E-state index contributed by atoms with van der Waals surface area (Å²) in [5, 5.41) is 16.3. The van der Waals surface area contributed by atoms with E-state index in [0.717, 1.165) is 29.5 Å². The lowest BCUT2D eigenvalue weighted by molar-refractivity contribution is -0.122. The number of hydrogen-bond acceptors (Lipinski definition) is 4. The fourth-order valence-electron chi connectivity index (χ4n) is 3.29. The van der Waals surface area contributed by atoms with Gasteiger partial charge in [-0.05, 0) is 49.8 Å². The minimum atomic E-state index is -0.523. The third-order valence-corrected chi connectivity index (χ3v) is 4.75. The van der Waals surface area contributed by atoms with Gasteiger partial charge in [0.25, 0.3) is 5.56 Å². The first-order valence-corrected chi connectivity index (χ1v) is 8.37. The van der Waals surface area contributed by atoms with Gasteiger partial charge < -0.3 is 5.32 Å². The lowest BCUT2D eigenvalue weighted by atomic mass is 9.88. The van der Waals surface area contributed by atoms with Crippen molar-refractivity contribution in [2.45, 2.75) is 45.7 Å². The number of nitrogens with one attached hydrogen (secondary N) is 1. The van der Waals surface area contributed by atoms with E-state index in [1.807, 2.05) is 24.3 Å². The minimum Gasteiger partial charge on any atom is -0.348 e. The Kier molecular flexibility index (Phi) is 4.66. The average Bonchev–Trinajstić information content (AvgIpc) is 2.60. The van der Waals surface area contributed by atoms with Gasteiger partial charge in [-0.3, -0.25) is 9.59 Å². The van der Waals surface area contributed by atoms with Crippen LogP contribution in [0.3, 0.4) is 0 Å². The summed E-state index contributed by atoms with van der Waals surface area (Å²) in [4.78, 5) is 24.7. The predicted molar refractivity (Wildman–Crippen MR) is 92.9 cm³/mol. The van der Waals surface area contributed by atoms with Crippen LogP contribution in [0.5, 0.6) is 0 Å². The van der Waals surface area contributed by atoms with E-state index in [-0.39, 0.29) is 24.1 Å². The zero-order valence-corrected chi connectivity index (χ0v) is 14.4. The number of carbonyl (C=O) groups is 1. The number of aryl methyl sites for hydroxylation is 2. The summed E-state index contributed by atoms with van der Waals surface area (Å²) in [5.74, 6) is -0.275. The largest absolute Gasteiger partial charge is 0.348 e. The normalized spacial score (nSPS) is 16.0. The van der Waals surface area contributed by atoms with Gasteiger partial charge in [-0.2, -0.15) is 10.4 Å². The maximum Gasteiger partial charge on any atom is 0.285 e. The molecular weight excluding hydrogens is 316 g/mol. The van der Waals surface area contributed by atoms with Crippen molar-refractivity contribution >= 4 is 5.91 Å². The van der Waals surface area contributed by atoms with Crippen molar-refractivity contribution < 1.29 is 4.79 Å². The Morgan fingerprint density at radius 3 is 2.92 bits per heavy atom. The number of fused-ring (bicyclic) bond motifs is 1. The monoisotopic (exact) mass is 336 g/mol. The van der Waals surface area contributed by atoms with Gasteiger partial charge in [0.1, 0.15) is 18.2 Å². The van der Waals surface area contributed by atoms with Crippen LogP contribution in [0.2, 0.25) is 0 Å². The highest BCUT2D eigenvalue weighted by molar-refractivity contribution is 5.76. The molecule has 0 radical (unpaired) electrons. The van der Waals surface area contributed by atoms with Crippen molar-refractivity contribution in [1.82, 2.24) is 15.1 Å². The molecule has 1 aliphatic rings. The standard InChI is InChI=1S/C19H20N4O2/c1-12-13(2)22-23(19(25)16(12)10-20)11-18(24)21-17-9-5-7-14-6-3-4-8-15(14)17/h3-4,6,8,17H,5,7,9,11H2,1-2H3,(H,21,24)/t17-/m0/s1. The van der Waals surface area contributed by atoms with Gasteiger partial charge in [-0.25, -0.2) is 4.68 Å². The van der Waals surface area contributed by atoms with Crippen LogP contribution in [-0.2, 0) is 17.8 Å². The van der Waals surface area contributed by atoms with Crippen LogP contribution in [0.4, 0.5) is 0 Å². The van der Waals surface area contributed by atoms with Gasteiger partial charge in [0, 0.05) is 0 Å². The smallest absolute Gasteiger partial charge is 0.285 e. The Bertz CT molecular complexity index is 924. The lowest BCUT2D eigenvalue weighted by Crippen LogP contribution is -2.38. The molecule has 1 amide bonds. The van der Waals surface area contributed by atoms with Crippen molar-refractivity contribution in [3.63, 3.8) is 0 Å². The van der Waals surface area contributed by atoms with Crippen molar-refractivity contribution in [1.29, 1.82) is 5.26 Å². The van der Waals surface area contributed by atoms with Gasteiger partial charge in [-0.15, -0.1) is 0 Å². The molecule has 0 saturated carbocycles. The molecule has 1 aliphatic carbocycles. The van der Waals surface area contributed by atoms with E-state index in [2.05, 4.69) is 16.5 Å². The van der Waals surface area contributed by atoms with Crippen molar-refractivity contribution in [2.24, 2.45) is 0 Å². The Balaban J connectivity index is 1.80. The number of carbonyl (C=O) groups excluding carboxylic acids is 1. The van der Waals surface area contributed by atoms with Gasteiger partial charge in [0.2, 0.25) is 5.91 Å². The summed E-state index contributed by atoms with van der Waals surface area (Å²) in [6, 6.07) is 9.96. The van der Waals surface area contributed by atoms with Crippen LogP contribution < -0.4 is 10.9 Å². The summed E-state index contributed by atoms with van der Waals surface area (Å²) in [5.41, 5.74) is 3.05. The second-order valence-electron chi connectivity index (χ2n) is 6.37. The zero-order valence-electron chi connectivity index (χ0n) is 14.4. The Hall–Kier alpha value is -2.94. The Morgan fingerprint density at radius 2 is 2.16 bits per heavy atom. The molecule has 0 spiro atoms.